The third-order valence-corrected chi connectivity index (χ3v) is 5.16. The van der Waals surface area contributed by atoms with Gasteiger partial charge in [0.25, 0.3) is 0 Å². The molecule has 1 aliphatic rings. The van der Waals surface area contributed by atoms with Crippen LogP contribution in [0.3, 0.4) is 0 Å². The van der Waals surface area contributed by atoms with Gasteiger partial charge in [-0.3, -0.25) is 9.59 Å². The molecule has 6 heteroatoms. The lowest BCUT2D eigenvalue weighted by molar-refractivity contribution is -0.138. The maximum absolute atomic E-state index is 11.8. The lowest BCUT2D eigenvalue weighted by atomic mass is 9.85. The third-order valence-electron chi connectivity index (χ3n) is 3.99. The fraction of sp³-hybridized carbons (Fsp3) is 0.562. The number of nitrogens with one attached hydrogen (secondary N) is 1. The van der Waals surface area contributed by atoms with E-state index in [-0.39, 0.29) is 18.7 Å². The molecule has 1 atom stereocenters. The first-order valence-electron chi connectivity index (χ1n) is 7.61. The van der Waals surface area contributed by atoms with E-state index in [2.05, 4.69) is 18.3 Å². The van der Waals surface area contributed by atoms with Gasteiger partial charge >= 0.3 is 5.97 Å². The summed E-state index contributed by atoms with van der Waals surface area (Å²) in [6.07, 6.45) is 5.06. The fourth-order valence-electron chi connectivity index (χ4n) is 2.92. The van der Waals surface area contributed by atoms with Gasteiger partial charge in [-0.05, 0) is 30.7 Å². The Bertz CT molecular complexity index is 616. The molecule has 2 rings (SSSR count). The number of aliphatic carboxylic acids is 1. The molecule has 5 nitrogen and oxygen atoms in total. The molecule has 0 spiro atoms. The number of anilines is 1. The number of hydrogen-bond acceptors (Lipinski definition) is 4. The Hall–Kier alpha value is -1.87. The summed E-state index contributed by atoms with van der Waals surface area (Å²) >= 11 is 1.48. The van der Waals surface area contributed by atoms with Crippen LogP contribution in [0.25, 0.3) is 0 Å². The van der Waals surface area contributed by atoms with Crippen molar-refractivity contribution in [3.05, 3.63) is 16.0 Å². The highest BCUT2D eigenvalue weighted by molar-refractivity contribution is 7.16. The molecule has 0 radical (unpaired) electrons. The normalized spacial score (nSPS) is 16.6. The molecule has 1 aromatic heterocycles. The van der Waals surface area contributed by atoms with Gasteiger partial charge in [0.1, 0.15) is 11.1 Å². The minimum Gasteiger partial charge on any atom is -0.481 e. The number of rotatable bonds is 6. The number of hydrogen-bond donors (Lipinski definition) is 2. The summed E-state index contributed by atoms with van der Waals surface area (Å²) in [5.74, 6) is -0.676. The van der Waals surface area contributed by atoms with E-state index in [1.165, 1.54) is 22.6 Å². The number of nitriles is 1. The maximum Gasteiger partial charge on any atom is 0.303 e. The van der Waals surface area contributed by atoms with Gasteiger partial charge in [-0.1, -0.05) is 19.8 Å². The lowest BCUT2D eigenvalue weighted by Gasteiger charge is -2.21. The lowest BCUT2D eigenvalue weighted by Crippen LogP contribution is -2.13. The highest BCUT2D eigenvalue weighted by Crippen LogP contribution is 2.40. The van der Waals surface area contributed by atoms with Gasteiger partial charge in [-0.25, -0.2) is 0 Å². The quantitative estimate of drug-likeness (QED) is 0.841. The SMILES string of the molecule is CCCC1CCc2c(sc(NC(=O)CCC(=O)O)c2C#N)C1. The summed E-state index contributed by atoms with van der Waals surface area (Å²) in [7, 11) is 0. The number of carboxylic acids is 1. The molecule has 0 fully saturated rings. The van der Waals surface area contributed by atoms with Gasteiger partial charge < -0.3 is 10.4 Å². The molecule has 118 valence electrons. The first-order valence-corrected chi connectivity index (χ1v) is 8.43. The molecule has 0 aromatic carbocycles. The molecule has 22 heavy (non-hydrogen) atoms. The monoisotopic (exact) mass is 320 g/mol. The molecule has 0 saturated heterocycles. The number of carboxylic acid groups (broad SMARTS) is 1. The van der Waals surface area contributed by atoms with Crippen molar-refractivity contribution >= 4 is 28.2 Å². The van der Waals surface area contributed by atoms with Crippen LogP contribution in [0.2, 0.25) is 0 Å². The number of carbonyl (C=O) groups excluding carboxylic acids is 1. The van der Waals surface area contributed by atoms with Gasteiger partial charge in [-0.2, -0.15) is 5.26 Å². The molecule has 1 amide bonds. The van der Waals surface area contributed by atoms with Crippen molar-refractivity contribution < 1.29 is 14.7 Å². The van der Waals surface area contributed by atoms with Crippen molar-refractivity contribution in [2.45, 2.75) is 51.9 Å². The molecule has 0 saturated carbocycles. The number of nitrogens with zero attached hydrogens (tertiary/aromatic N) is 1. The average Bonchev–Trinajstić information content (AvgIpc) is 2.81. The zero-order valence-corrected chi connectivity index (χ0v) is 13.5. The number of thiophene rings is 1. The molecule has 1 unspecified atom stereocenters. The first-order chi connectivity index (χ1) is 10.5. The highest BCUT2D eigenvalue weighted by atomic mass is 32.1. The van der Waals surface area contributed by atoms with Crippen molar-refractivity contribution in [1.29, 1.82) is 5.26 Å². The Morgan fingerprint density at radius 1 is 1.45 bits per heavy atom. The Labute approximate surface area is 134 Å². The van der Waals surface area contributed by atoms with Crippen LogP contribution in [0, 0.1) is 17.2 Å². The molecule has 1 aromatic rings. The molecule has 1 heterocycles. The van der Waals surface area contributed by atoms with Crippen LogP contribution >= 0.6 is 11.3 Å². The van der Waals surface area contributed by atoms with E-state index < -0.39 is 5.97 Å². The summed E-state index contributed by atoms with van der Waals surface area (Å²) in [5.41, 5.74) is 1.65. The van der Waals surface area contributed by atoms with E-state index >= 15 is 0 Å². The van der Waals surface area contributed by atoms with Crippen molar-refractivity contribution in [1.82, 2.24) is 0 Å². The molecule has 0 bridgehead atoms. The summed E-state index contributed by atoms with van der Waals surface area (Å²) in [6, 6.07) is 2.20. The number of carbonyl (C=O) groups is 2. The smallest absolute Gasteiger partial charge is 0.303 e. The van der Waals surface area contributed by atoms with Crippen LogP contribution in [0.4, 0.5) is 5.00 Å². The second-order valence-corrected chi connectivity index (χ2v) is 6.76. The highest BCUT2D eigenvalue weighted by Gasteiger charge is 2.26. The predicted octanol–water partition coefficient (Wildman–Crippen LogP) is 3.33. The Morgan fingerprint density at radius 2 is 2.23 bits per heavy atom. The van der Waals surface area contributed by atoms with Crippen LogP contribution in [0.5, 0.6) is 0 Å². The van der Waals surface area contributed by atoms with E-state index in [0.29, 0.717) is 16.5 Å². The molecule has 0 aliphatic heterocycles. The van der Waals surface area contributed by atoms with Gasteiger partial charge in [0, 0.05) is 11.3 Å². The summed E-state index contributed by atoms with van der Waals surface area (Å²) in [4.78, 5) is 23.5. The number of amides is 1. The van der Waals surface area contributed by atoms with Crippen molar-refractivity contribution in [3.8, 4) is 6.07 Å². The minimum atomic E-state index is -0.997. The van der Waals surface area contributed by atoms with E-state index in [0.717, 1.165) is 31.2 Å². The standard InChI is InChI=1S/C16H20N2O3S/c1-2-3-10-4-5-11-12(9-17)16(22-13(11)8-10)18-14(19)6-7-15(20)21/h10H,2-8H2,1H3,(H,18,19)(H,20,21). The molecule has 1 aliphatic carbocycles. The fourth-order valence-corrected chi connectivity index (χ4v) is 4.25. The van der Waals surface area contributed by atoms with Crippen LogP contribution in [0.15, 0.2) is 0 Å². The van der Waals surface area contributed by atoms with Crippen molar-refractivity contribution in [2.24, 2.45) is 5.92 Å². The molecular formula is C16H20N2O3S. The first kappa shape index (κ1) is 16.5. The van der Waals surface area contributed by atoms with Crippen LogP contribution in [0.1, 0.15) is 55.0 Å². The molecule has 2 N–H and O–H groups in total. The summed E-state index contributed by atoms with van der Waals surface area (Å²) in [5, 5.41) is 21.3. The predicted molar refractivity (Wildman–Crippen MR) is 85.0 cm³/mol. The number of fused-ring (bicyclic) bond motifs is 1. The van der Waals surface area contributed by atoms with Gasteiger partial charge in [-0.15, -0.1) is 11.3 Å². The minimum absolute atomic E-state index is 0.0682. The zero-order chi connectivity index (χ0) is 16.1. The van der Waals surface area contributed by atoms with Crippen LogP contribution in [-0.4, -0.2) is 17.0 Å². The largest absolute Gasteiger partial charge is 0.481 e. The van der Waals surface area contributed by atoms with E-state index in [1.54, 1.807) is 0 Å². The summed E-state index contributed by atoms with van der Waals surface area (Å²) in [6.45, 7) is 2.18. The second kappa shape index (κ2) is 7.41. The van der Waals surface area contributed by atoms with Gasteiger partial charge in [0.05, 0.1) is 12.0 Å². The Kier molecular flexibility index (Phi) is 5.56. The van der Waals surface area contributed by atoms with E-state index in [9.17, 15) is 14.9 Å². The van der Waals surface area contributed by atoms with Crippen LogP contribution < -0.4 is 5.32 Å². The van der Waals surface area contributed by atoms with Crippen molar-refractivity contribution in [2.75, 3.05) is 5.32 Å². The average molecular weight is 320 g/mol. The maximum atomic E-state index is 11.8. The third kappa shape index (κ3) is 3.86. The van der Waals surface area contributed by atoms with Crippen molar-refractivity contribution in [3.63, 3.8) is 0 Å². The van der Waals surface area contributed by atoms with Gasteiger partial charge in [0.2, 0.25) is 5.91 Å². The summed E-state index contributed by atoms with van der Waals surface area (Å²) < 4.78 is 0. The van der Waals surface area contributed by atoms with Gasteiger partial charge in [0.15, 0.2) is 0 Å². The van der Waals surface area contributed by atoms with E-state index in [4.69, 9.17) is 5.11 Å². The Balaban J connectivity index is 2.11. The van der Waals surface area contributed by atoms with Crippen LogP contribution in [-0.2, 0) is 22.4 Å². The van der Waals surface area contributed by atoms with E-state index in [1.807, 2.05) is 0 Å². The molecular weight excluding hydrogens is 300 g/mol. The topological polar surface area (TPSA) is 90.2 Å². The Morgan fingerprint density at radius 3 is 2.86 bits per heavy atom. The second-order valence-electron chi connectivity index (χ2n) is 5.66. The zero-order valence-electron chi connectivity index (χ0n) is 12.6.